The summed E-state index contributed by atoms with van der Waals surface area (Å²) >= 11 is 1.43. The number of carboxylic acid groups (broad SMARTS) is 1. The highest BCUT2D eigenvalue weighted by atomic mass is 32.1. The number of Topliss-reactive ketones (excluding diaryl/α,β-unsaturated/α-hetero) is 1. The maximum Gasteiger partial charge on any atom is 0.425 e. The van der Waals surface area contributed by atoms with Crippen molar-refractivity contribution in [3.8, 4) is 0 Å². The topological polar surface area (TPSA) is 119 Å². The molecule has 0 aliphatic carbocycles. The number of hydrazine groups is 1. The summed E-state index contributed by atoms with van der Waals surface area (Å²) in [7, 11) is 1.36. The zero-order valence-corrected chi connectivity index (χ0v) is 17.5. The fourth-order valence-electron chi connectivity index (χ4n) is 3.31. The summed E-state index contributed by atoms with van der Waals surface area (Å²) in [6.45, 7) is 1.74. The van der Waals surface area contributed by atoms with Gasteiger partial charge in [0.05, 0.1) is 5.39 Å². The number of carbonyl (C=O) groups is 3. The van der Waals surface area contributed by atoms with Crippen LogP contribution in [0.5, 0.6) is 0 Å². The van der Waals surface area contributed by atoms with Crippen molar-refractivity contribution in [1.29, 1.82) is 0 Å². The predicted molar refractivity (Wildman–Crippen MR) is 116 cm³/mol. The number of benzene rings is 1. The first-order valence-electron chi connectivity index (χ1n) is 9.56. The Hall–Kier alpha value is -3.73. The van der Waals surface area contributed by atoms with Gasteiger partial charge in [-0.05, 0) is 11.4 Å². The van der Waals surface area contributed by atoms with Crippen molar-refractivity contribution in [2.45, 2.75) is 0 Å². The molecule has 11 heteroatoms. The number of aromatic nitrogens is 2. The summed E-state index contributed by atoms with van der Waals surface area (Å²) in [5, 5.41) is 12.7. The van der Waals surface area contributed by atoms with Gasteiger partial charge in [-0.25, -0.2) is 14.8 Å². The summed E-state index contributed by atoms with van der Waals surface area (Å²) in [5.74, 6) is -0.194. The molecule has 4 rings (SSSR count). The van der Waals surface area contributed by atoms with E-state index in [1.54, 1.807) is 35.2 Å². The first kappa shape index (κ1) is 20.5. The van der Waals surface area contributed by atoms with Gasteiger partial charge in [0.25, 0.3) is 5.91 Å². The third kappa shape index (κ3) is 4.26. The second kappa shape index (κ2) is 8.56. The number of thiophene rings is 1. The molecule has 31 heavy (non-hydrogen) atoms. The van der Waals surface area contributed by atoms with Crippen molar-refractivity contribution in [3.05, 3.63) is 47.3 Å². The number of carbonyl (C=O) groups excluding carboxylic acids is 2. The zero-order valence-electron chi connectivity index (χ0n) is 16.7. The maximum absolute atomic E-state index is 12.6. The van der Waals surface area contributed by atoms with Crippen LogP contribution >= 0.6 is 11.3 Å². The largest absolute Gasteiger partial charge is 0.464 e. The number of hydrogen-bond donors (Lipinski definition) is 2. The molecule has 1 aliphatic rings. The molecule has 0 bridgehead atoms. The van der Waals surface area contributed by atoms with Crippen LogP contribution in [0, 0.1) is 0 Å². The molecule has 0 unspecified atom stereocenters. The van der Waals surface area contributed by atoms with E-state index in [1.165, 1.54) is 18.4 Å². The van der Waals surface area contributed by atoms with Gasteiger partial charge in [0.15, 0.2) is 0 Å². The number of ketones is 1. The van der Waals surface area contributed by atoms with E-state index in [2.05, 4.69) is 15.4 Å². The summed E-state index contributed by atoms with van der Waals surface area (Å²) in [5.41, 5.74) is 3.02. The number of hydrogen-bond acceptors (Lipinski definition) is 8. The molecule has 0 spiro atoms. The molecule has 0 radical (unpaired) electrons. The van der Waals surface area contributed by atoms with Crippen molar-refractivity contribution in [3.63, 3.8) is 0 Å². The minimum absolute atomic E-state index is 0.174. The first-order chi connectivity index (χ1) is 14.9. The number of nitrogens with one attached hydrogen (secondary N) is 1. The van der Waals surface area contributed by atoms with Crippen molar-refractivity contribution >= 4 is 51.1 Å². The molecule has 2 amide bonds. The van der Waals surface area contributed by atoms with Crippen molar-refractivity contribution < 1.29 is 19.5 Å². The Morgan fingerprint density at radius 2 is 1.77 bits per heavy atom. The number of piperazine rings is 1. The second-order valence-electron chi connectivity index (χ2n) is 6.94. The highest BCUT2D eigenvalue weighted by Crippen LogP contribution is 2.30. The lowest BCUT2D eigenvalue weighted by atomic mass is 10.1. The molecule has 2 aromatic heterocycles. The average Bonchev–Trinajstić information content (AvgIpc) is 3.27. The molecule has 2 N–H and O–H groups in total. The summed E-state index contributed by atoms with van der Waals surface area (Å²) < 4.78 is 0. The van der Waals surface area contributed by atoms with Gasteiger partial charge >= 0.3 is 6.09 Å². The molecular weight excluding hydrogens is 420 g/mol. The van der Waals surface area contributed by atoms with Crippen LogP contribution in [0.1, 0.15) is 10.4 Å². The standard InChI is InChI=1S/C20H20N6O4S/c1-24(20(29)30)23-19-21-16(14-7-12-31-17(14)22-19)25-8-10-26(11-9-25)18(28)15(27)13-5-3-2-4-6-13/h2-7,12H,8-11H2,1H3,(H,29,30)(H,21,22,23). The highest BCUT2D eigenvalue weighted by molar-refractivity contribution is 7.16. The average molecular weight is 440 g/mol. The third-order valence-electron chi connectivity index (χ3n) is 4.96. The van der Waals surface area contributed by atoms with Gasteiger partial charge in [0.2, 0.25) is 11.7 Å². The molecule has 3 aromatic rings. The van der Waals surface area contributed by atoms with Crippen LogP contribution in [0.4, 0.5) is 16.6 Å². The first-order valence-corrected chi connectivity index (χ1v) is 10.4. The molecule has 1 aliphatic heterocycles. The van der Waals surface area contributed by atoms with Gasteiger partial charge < -0.3 is 14.9 Å². The van der Waals surface area contributed by atoms with Crippen LogP contribution in [0.3, 0.4) is 0 Å². The Morgan fingerprint density at radius 1 is 1.06 bits per heavy atom. The Kier molecular flexibility index (Phi) is 5.67. The van der Waals surface area contributed by atoms with Gasteiger partial charge in [-0.15, -0.1) is 11.3 Å². The monoisotopic (exact) mass is 440 g/mol. The Labute approximate surface area is 181 Å². The number of nitrogens with zero attached hydrogens (tertiary/aromatic N) is 5. The fraction of sp³-hybridized carbons (Fsp3) is 0.250. The van der Waals surface area contributed by atoms with E-state index < -0.39 is 17.8 Å². The van der Waals surface area contributed by atoms with Gasteiger partial charge in [-0.2, -0.15) is 4.98 Å². The van der Waals surface area contributed by atoms with Crippen LogP contribution in [0.2, 0.25) is 0 Å². The second-order valence-corrected chi connectivity index (χ2v) is 7.83. The smallest absolute Gasteiger partial charge is 0.425 e. The summed E-state index contributed by atoms with van der Waals surface area (Å²) in [4.78, 5) is 49.3. The predicted octanol–water partition coefficient (Wildman–Crippen LogP) is 2.16. The minimum Gasteiger partial charge on any atom is -0.464 e. The molecule has 0 saturated carbocycles. The summed E-state index contributed by atoms with van der Waals surface area (Å²) in [6.07, 6.45) is -1.16. The fourth-order valence-corrected chi connectivity index (χ4v) is 4.07. The quantitative estimate of drug-likeness (QED) is 0.352. The molecular formula is C20H20N6O4S. The van der Waals surface area contributed by atoms with Crippen LogP contribution in [0.15, 0.2) is 41.8 Å². The van der Waals surface area contributed by atoms with Crippen LogP contribution in [-0.4, -0.2) is 76.0 Å². The zero-order chi connectivity index (χ0) is 22.0. The van der Waals surface area contributed by atoms with E-state index in [4.69, 9.17) is 5.11 Å². The van der Waals surface area contributed by atoms with Crippen molar-refractivity contribution in [2.75, 3.05) is 43.6 Å². The normalized spacial score (nSPS) is 13.8. The molecule has 160 valence electrons. The van der Waals surface area contributed by atoms with Gasteiger partial charge in [0.1, 0.15) is 10.6 Å². The Balaban J connectivity index is 1.49. The van der Waals surface area contributed by atoms with Crippen LogP contribution in [-0.2, 0) is 4.79 Å². The van der Waals surface area contributed by atoms with Crippen LogP contribution < -0.4 is 10.3 Å². The lowest BCUT2D eigenvalue weighted by molar-refractivity contribution is -0.126. The van der Waals surface area contributed by atoms with Gasteiger partial charge in [0, 0.05) is 38.8 Å². The number of fused-ring (bicyclic) bond motifs is 1. The highest BCUT2D eigenvalue weighted by Gasteiger charge is 2.28. The van der Waals surface area contributed by atoms with E-state index in [9.17, 15) is 14.4 Å². The van der Waals surface area contributed by atoms with Gasteiger partial charge in [-0.3, -0.25) is 15.0 Å². The minimum atomic E-state index is -1.16. The van der Waals surface area contributed by atoms with E-state index in [1.807, 2.05) is 16.3 Å². The van der Waals surface area contributed by atoms with E-state index in [0.717, 1.165) is 15.2 Å². The maximum atomic E-state index is 12.6. The van der Waals surface area contributed by atoms with E-state index >= 15 is 0 Å². The van der Waals surface area contributed by atoms with Crippen LogP contribution in [0.25, 0.3) is 10.2 Å². The Morgan fingerprint density at radius 3 is 2.45 bits per heavy atom. The molecule has 1 saturated heterocycles. The Bertz CT molecular complexity index is 1130. The van der Waals surface area contributed by atoms with Crippen molar-refractivity contribution in [1.82, 2.24) is 19.9 Å². The summed E-state index contributed by atoms with van der Waals surface area (Å²) in [6, 6.07) is 10.4. The molecule has 0 atom stereocenters. The number of amides is 2. The SMILES string of the molecule is CN(Nc1nc(N2CCN(C(=O)C(=O)c3ccccc3)CC2)c2ccsc2n1)C(=O)O. The number of anilines is 2. The lowest BCUT2D eigenvalue weighted by Crippen LogP contribution is -2.51. The van der Waals surface area contributed by atoms with E-state index in [0.29, 0.717) is 37.6 Å². The number of rotatable bonds is 5. The molecule has 1 aromatic carbocycles. The molecule has 1 fully saturated rings. The third-order valence-corrected chi connectivity index (χ3v) is 5.76. The van der Waals surface area contributed by atoms with Gasteiger partial charge in [-0.1, -0.05) is 30.3 Å². The van der Waals surface area contributed by atoms with Crippen molar-refractivity contribution in [2.24, 2.45) is 0 Å². The van der Waals surface area contributed by atoms with E-state index in [-0.39, 0.29) is 5.95 Å². The molecule has 10 nitrogen and oxygen atoms in total. The molecule has 3 heterocycles. The lowest BCUT2D eigenvalue weighted by Gasteiger charge is -2.35.